The minimum Gasteiger partial charge on any atom is -0.493 e. The predicted octanol–water partition coefficient (Wildman–Crippen LogP) is 0.246. The minimum atomic E-state index is -0.322. The van der Waals surface area contributed by atoms with E-state index in [1.54, 1.807) is 0 Å². The molecule has 1 fully saturated rings. The van der Waals surface area contributed by atoms with Crippen molar-refractivity contribution in [3.63, 3.8) is 0 Å². The zero-order valence-corrected chi connectivity index (χ0v) is 8.49. The molecule has 1 aromatic heterocycles. The van der Waals surface area contributed by atoms with Gasteiger partial charge in [0.15, 0.2) is 0 Å². The van der Waals surface area contributed by atoms with Gasteiger partial charge in [0.25, 0.3) is 5.56 Å². The summed E-state index contributed by atoms with van der Waals surface area (Å²) in [6.45, 7) is 0.458. The third-order valence-electron chi connectivity index (χ3n) is 3.18. The van der Waals surface area contributed by atoms with Gasteiger partial charge in [0.2, 0.25) is 5.88 Å². The molecule has 1 saturated carbocycles. The molecule has 5 nitrogen and oxygen atoms in total. The number of hydrogen-bond donors (Lipinski definition) is 3. The summed E-state index contributed by atoms with van der Waals surface area (Å²) in [6.07, 6.45) is 4.04. The Morgan fingerprint density at radius 3 is 2.73 bits per heavy atom. The van der Waals surface area contributed by atoms with Gasteiger partial charge in [0, 0.05) is 12.0 Å². The maximum atomic E-state index is 11.2. The van der Waals surface area contributed by atoms with Crippen LogP contribution in [0.4, 0.5) is 0 Å². The normalized spacial score (nSPS) is 19.3. The number of aromatic hydroxyl groups is 1. The summed E-state index contributed by atoms with van der Waals surface area (Å²) in [5.74, 6) is 0.306. The van der Waals surface area contributed by atoms with Gasteiger partial charge in [-0.3, -0.25) is 4.79 Å². The molecule has 0 aliphatic heterocycles. The Labute approximate surface area is 87.4 Å². The second-order valence-electron chi connectivity index (χ2n) is 4.14. The van der Waals surface area contributed by atoms with Crippen molar-refractivity contribution >= 4 is 0 Å². The molecule has 0 amide bonds. The highest BCUT2D eigenvalue weighted by atomic mass is 16.3. The van der Waals surface area contributed by atoms with E-state index in [9.17, 15) is 9.90 Å². The van der Waals surface area contributed by atoms with Crippen LogP contribution in [0.1, 0.15) is 31.5 Å². The number of nitrogens with zero attached hydrogens (tertiary/aromatic N) is 1. The van der Waals surface area contributed by atoms with Gasteiger partial charge in [0.05, 0.1) is 6.07 Å². The standard InChI is InChI=1S/C10H15N3O2/c11-6-10(3-1-2-4-10)9-12-7(14)5-8(15)13-9/h5H,1-4,6,11H2,(H2,12,13,14,15). The van der Waals surface area contributed by atoms with Crippen molar-refractivity contribution in [1.29, 1.82) is 0 Å². The van der Waals surface area contributed by atoms with Gasteiger partial charge >= 0.3 is 0 Å². The van der Waals surface area contributed by atoms with E-state index in [0.29, 0.717) is 12.4 Å². The molecule has 0 atom stereocenters. The molecule has 1 aliphatic carbocycles. The molecule has 0 spiro atoms. The number of H-pyrrole nitrogens is 1. The summed E-state index contributed by atoms with van der Waals surface area (Å²) in [5.41, 5.74) is 5.20. The summed E-state index contributed by atoms with van der Waals surface area (Å²) in [5, 5.41) is 9.29. The third kappa shape index (κ3) is 1.74. The Balaban J connectivity index is 2.46. The Morgan fingerprint density at radius 1 is 1.53 bits per heavy atom. The van der Waals surface area contributed by atoms with Crippen LogP contribution in [0.15, 0.2) is 10.9 Å². The lowest BCUT2D eigenvalue weighted by atomic mass is 9.85. The maximum absolute atomic E-state index is 11.2. The number of aromatic amines is 1. The van der Waals surface area contributed by atoms with Gasteiger partial charge in [-0.2, -0.15) is 4.98 Å². The summed E-state index contributed by atoms with van der Waals surface area (Å²) >= 11 is 0. The van der Waals surface area contributed by atoms with Crippen molar-refractivity contribution in [1.82, 2.24) is 9.97 Å². The van der Waals surface area contributed by atoms with Crippen molar-refractivity contribution in [3.8, 4) is 5.88 Å². The van der Waals surface area contributed by atoms with E-state index >= 15 is 0 Å². The molecule has 82 valence electrons. The summed E-state index contributed by atoms with van der Waals surface area (Å²) in [4.78, 5) is 17.9. The molecule has 4 N–H and O–H groups in total. The van der Waals surface area contributed by atoms with Crippen LogP contribution in [0.3, 0.4) is 0 Å². The first-order valence-corrected chi connectivity index (χ1v) is 5.17. The Morgan fingerprint density at radius 2 is 2.20 bits per heavy atom. The molecule has 0 bridgehead atoms. The van der Waals surface area contributed by atoms with E-state index in [1.165, 1.54) is 0 Å². The molecular formula is C10H15N3O2. The zero-order valence-electron chi connectivity index (χ0n) is 8.49. The average molecular weight is 209 g/mol. The first-order valence-electron chi connectivity index (χ1n) is 5.17. The summed E-state index contributed by atoms with van der Waals surface area (Å²) in [7, 11) is 0. The van der Waals surface area contributed by atoms with Crippen molar-refractivity contribution < 1.29 is 5.11 Å². The first-order chi connectivity index (χ1) is 7.16. The Kier molecular flexibility index (Phi) is 2.48. The number of aromatic nitrogens is 2. The van der Waals surface area contributed by atoms with Crippen LogP contribution < -0.4 is 11.3 Å². The molecule has 1 aliphatic rings. The predicted molar refractivity (Wildman–Crippen MR) is 55.7 cm³/mol. The van der Waals surface area contributed by atoms with Gasteiger partial charge in [0.1, 0.15) is 5.82 Å². The molecule has 1 heterocycles. The van der Waals surface area contributed by atoms with Crippen LogP contribution in [0.2, 0.25) is 0 Å². The topological polar surface area (TPSA) is 92.0 Å². The second kappa shape index (κ2) is 3.66. The zero-order chi connectivity index (χ0) is 10.9. The Bertz CT molecular complexity index is 407. The summed E-state index contributed by atoms with van der Waals surface area (Å²) in [6, 6.07) is 1.07. The van der Waals surface area contributed by atoms with Gasteiger partial charge in [-0.25, -0.2) is 0 Å². The third-order valence-corrected chi connectivity index (χ3v) is 3.18. The van der Waals surface area contributed by atoms with E-state index in [0.717, 1.165) is 31.7 Å². The van der Waals surface area contributed by atoms with Crippen LogP contribution in [-0.2, 0) is 5.41 Å². The molecule has 0 saturated heterocycles. The number of nitrogens with one attached hydrogen (secondary N) is 1. The van der Waals surface area contributed by atoms with Crippen molar-refractivity contribution in [3.05, 3.63) is 22.2 Å². The quantitative estimate of drug-likeness (QED) is 0.650. The van der Waals surface area contributed by atoms with E-state index in [-0.39, 0.29) is 16.9 Å². The number of hydrogen-bond acceptors (Lipinski definition) is 4. The Hall–Kier alpha value is -1.36. The van der Waals surface area contributed by atoms with Gasteiger partial charge in [-0.05, 0) is 12.8 Å². The SMILES string of the molecule is NCC1(c2nc(O)cc(=O)[nH]2)CCCC1. The van der Waals surface area contributed by atoms with E-state index < -0.39 is 0 Å². The van der Waals surface area contributed by atoms with E-state index in [4.69, 9.17) is 5.73 Å². The highest BCUT2D eigenvalue weighted by Gasteiger charge is 2.36. The minimum absolute atomic E-state index is 0.228. The first kappa shape index (κ1) is 10.2. The highest BCUT2D eigenvalue weighted by Crippen LogP contribution is 2.38. The van der Waals surface area contributed by atoms with Gasteiger partial charge in [-0.15, -0.1) is 0 Å². The lowest BCUT2D eigenvalue weighted by Crippen LogP contribution is -2.35. The molecular weight excluding hydrogens is 194 g/mol. The van der Waals surface area contributed by atoms with Crippen LogP contribution in [-0.4, -0.2) is 21.6 Å². The van der Waals surface area contributed by atoms with Crippen LogP contribution in [0.5, 0.6) is 5.88 Å². The molecule has 0 aromatic carbocycles. The van der Waals surface area contributed by atoms with E-state index in [2.05, 4.69) is 9.97 Å². The van der Waals surface area contributed by atoms with E-state index in [1.807, 2.05) is 0 Å². The van der Waals surface area contributed by atoms with Crippen LogP contribution in [0.25, 0.3) is 0 Å². The summed E-state index contributed by atoms with van der Waals surface area (Å²) < 4.78 is 0. The fourth-order valence-corrected chi connectivity index (χ4v) is 2.29. The molecule has 5 heteroatoms. The monoisotopic (exact) mass is 209 g/mol. The average Bonchev–Trinajstić information content (AvgIpc) is 2.65. The van der Waals surface area contributed by atoms with Crippen molar-refractivity contribution in [2.75, 3.05) is 6.54 Å². The van der Waals surface area contributed by atoms with Crippen molar-refractivity contribution in [2.24, 2.45) is 5.73 Å². The second-order valence-corrected chi connectivity index (χ2v) is 4.14. The fraction of sp³-hybridized carbons (Fsp3) is 0.600. The fourth-order valence-electron chi connectivity index (χ4n) is 2.29. The maximum Gasteiger partial charge on any atom is 0.254 e. The smallest absolute Gasteiger partial charge is 0.254 e. The highest BCUT2D eigenvalue weighted by molar-refractivity contribution is 5.16. The molecule has 15 heavy (non-hydrogen) atoms. The lowest BCUT2D eigenvalue weighted by Gasteiger charge is -2.25. The molecule has 0 unspecified atom stereocenters. The largest absolute Gasteiger partial charge is 0.493 e. The number of rotatable bonds is 2. The van der Waals surface area contributed by atoms with Gasteiger partial charge in [-0.1, -0.05) is 12.8 Å². The lowest BCUT2D eigenvalue weighted by molar-refractivity contribution is 0.398. The van der Waals surface area contributed by atoms with Crippen molar-refractivity contribution in [2.45, 2.75) is 31.1 Å². The van der Waals surface area contributed by atoms with Gasteiger partial charge < -0.3 is 15.8 Å². The molecule has 0 radical (unpaired) electrons. The number of nitrogens with two attached hydrogens (primary N) is 1. The van der Waals surface area contributed by atoms with Crippen LogP contribution >= 0.6 is 0 Å². The van der Waals surface area contributed by atoms with Crippen LogP contribution in [0, 0.1) is 0 Å². The molecule has 2 rings (SSSR count). The molecule has 1 aromatic rings.